The van der Waals surface area contributed by atoms with E-state index in [4.69, 9.17) is 23.2 Å². The van der Waals surface area contributed by atoms with Crippen molar-refractivity contribution in [2.75, 3.05) is 5.32 Å². The minimum Gasteiger partial charge on any atom is -0.309 e. The molecule has 0 aliphatic heterocycles. The highest BCUT2D eigenvalue weighted by molar-refractivity contribution is 6.33. The molecular formula is C18H15Cl2N5O. The summed E-state index contributed by atoms with van der Waals surface area (Å²) in [6.45, 7) is 0. The van der Waals surface area contributed by atoms with E-state index >= 15 is 0 Å². The van der Waals surface area contributed by atoms with Gasteiger partial charge in [0.15, 0.2) is 5.82 Å². The standard InChI is InChI=1S/C18H15Cl2N5O/c19-17-13(9-21-18(20)23-17)11-3-1-10(2-4-11)7-16(26)22-15-8-14(24-25-15)12-5-6-12/h1-4,8-9,12H,5-7H2,(H2,22,24,25,26). The highest BCUT2D eigenvalue weighted by Gasteiger charge is 2.25. The molecule has 6 nitrogen and oxygen atoms in total. The summed E-state index contributed by atoms with van der Waals surface area (Å²) < 4.78 is 0. The fourth-order valence-corrected chi connectivity index (χ4v) is 3.13. The van der Waals surface area contributed by atoms with Gasteiger partial charge in [0.1, 0.15) is 5.15 Å². The molecule has 1 aliphatic carbocycles. The van der Waals surface area contributed by atoms with Crippen molar-refractivity contribution >= 4 is 34.9 Å². The van der Waals surface area contributed by atoms with Crippen LogP contribution in [0.3, 0.4) is 0 Å². The smallest absolute Gasteiger partial charge is 0.229 e. The number of nitrogens with zero attached hydrogens (tertiary/aromatic N) is 3. The van der Waals surface area contributed by atoms with Gasteiger partial charge in [-0.15, -0.1) is 0 Å². The Morgan fingerprint density at radius 2 is 2.00 bits per heavy atom. The van der Waals surface area contributed by atoms with Crippen molar-refractivity contribution in [1.29, 1.82) is 0 Å². The second kappa shape index (κ2) is 7.05. The lowest BCUT2D eigenvalue weighted by atomic mass is 10.1. The lowest BCUT2D eigenvalue weighted by molar-refractivity contribution is -0.115. The largest absolute Gasteiger partial charge is 0.309 e. The van der Waals surface area contributed by atoms with Gasteiger partial charge >= 0.3 is 0 Å². The first-order valence-corrected chi connectivity index (χ1v) is 8.96. The zero-order valence-electron chi connectivity index (χ0n) is 13.7. The molecule has 0 spiro atoms. The summed E-state index contributed by atoms with van der Waals surface area (Å²) in [7, 11) is 0. The molecule has 4 rings (SSSR count). The normalized spacial score (nSPS) is 13.6. The van der Waals surface area contributed by atoms with Crippen molar-refractivity contribution in [2.45, 2.75) is 25.2 Å². The number of carbonyl (C=O) groups excluding carboxylic acids is 1. The molecule has 0 unspecified atom stereocenters. The molecule has 2 N–H and O–H groups in total. The van der Waals surface area contributed by atoms with Crippen LogP contribution in [0.2, 0.25) is 10.4 Å². The van der Waals surface area contributed by atoms with Crippen LogP contribution in [0.15, 0.2) is 36.5 Å². The second-order valence-corrected chi connectivity index (χ2v) is 6.94. The Balaban J connectivity index is 1.40. The van der Waals surface area contributed by atoms with Crippen molar-refractivity contribution in [3.05, 3.63) is 58.2 Å². The van der Waals surface area contributed by atoms with E-state index in [0.29, 0.717) is 22.5 Å². The van der Waals surface area contributed by atoms with Crippen LogP contribution >= 0.6 is 23.2 Å². The maximum Gasteiger partial charge on any atom is 0.229 e. The maximum atomic E-state index is 12.2. The molecule has 1 saturated carbocycles. The van der Waals surface area contributed by atoms with Gasteiger partial charge in [-0.1, -0.05) is 35.9 Å². The van der Waals surface area contributed by atoms with Crippen LogP contribution in [0.5, 0.6) is 0 Å². The van der Waals surface area contributed by atoms with E-state index in [1.54, 1.807) is 6.20 Å². The lowest BCUT2D eigenvalue weighted by Gasteiger charge is -2.06. The van der Waals surface area contributed by atoms with Crippen molar-refractivity contribution in [2.24, 2.45) is 0 Å². The van der Waals surface area contributed by atoms with E-state index in [-0.39, 0.29) is 17.6 Å². The average Bonchev–Trinajstić information content (AvgIpc) is 3.36. The van der Waals surface area contributed by atoms with Crippen molar-refractivity contribution in [3.63, 3.8) is 0 Å². The number of hydrogen-bond donors (Lipinski definition) is 2. The monoisotopic (exact) mass is 387 g/mol. The zero-order chi connectivity index (χ0) is 18.1. The molecule has 1 aromatic carbocycles. The Bertz CT molecular complexity index is 950. The third-order valence-corrected chi connectivity index (χ3v) is 4.70. The number of aromatic amines is 1. The van der Waals surface area contributed by atoms with E-state index in [1.165, 1.54) is 12.8 Å². The lowest BCUT2D eigenvalue weighted by Crippen LogP contribution is -2.14. The van der Waals surface area contributed by atoms with Crippen LogP contribution in [0.4, 0.5) is 5.82 Å². The second-order valence-electron chi connectivity index (χ2n) is 6.25. The first-order valence-electron chi connectivity index (χ1n) is 8.21. The fraction of sp³-hybridized carbons (Fsp3) is 0.222. The molecule has 0 radical (unpaired) electrons. The minimum atomic E-state index is -0.112. The number of aromatic nitrogens is 4. The summed E-state index contributed by atoms with van der Waals surface area (Å²) >= 11 is 11.8. The van der Waals surface area contributed by atoms with E-state index in [0.717, 1.165) is 16.8 Å². The molecule has 1 fully saturated rings. The van der Waals surface area contributed by atoms with Gasteiger partial charge in [0.25, 0.3) is 0 Å². The first-order chi connectivity index (χ1) is 12.6. The summed E-state index contributed by atoms with van der Waals surface area (Å²) in [5, 5.41) is 10.3. The molecule has 2 aromatic heterocycles. The Morgan fingerprint density at radius 3 is 2.69 bits per heavy atom. The van der Waals surface area contributed by atoms with E-state index in [9.17, 15) is 4.79 Å². The van der Waals surface area contributed by atoms with E-state index in [1.807, 2.05) is 30.3 Å². The number of amides is 1. The number of halogens is 2. The van der Waals surface area contributed by atoms with Crippen LogP contribution < -0.4 is 5.32 Å². The molecule has 132 valence electrons. The quantitative estimate of drug-likeness (QED) is 0.506. The number of anilines is 1. The summed E-state index contributed by atoms with van der Waals surface area (Å²) in [6.07, 6.45) is 4.21. The van der Waals surface area contributed by atoms with Gasteiger partial charge in [0.2, 0.25) is 11.2 Å². The first kappa shape index (κ1) is 17.0. The molecular weight excluding hydrogens is 373 g/mol. The Labute approximate surface area is 160 Å². The Kier molecular flexibility index (Phi) is 4.61. The topological polar surface area (TPSA) is 83.6 Å². The molecule has 0 saturated heterocycles. The van der Waals surface area contributed by atoms with Gasteiger partial charge in [0, 0.05) is 29.4 Å². The van der Waals surface area contributed by atoms with Crippen LogP contribution in [0, 0.1) is 0 Å². The molecule has 8 heteroatoms. The number of benzene rings is 1. The summed E-state index contributed by atoms with van der Waals surface area (Å²) in [4.78, 5) is 20.1. The summed E-state index contributed by atoms with van der Waals surface area (Å²) in [5.74, 6) is 1.03. The van der Waals surface area contributed by atoms with Gasteiger partial charge in [0.05, 0.1) is 6.42 Å². The summed E-state index contributed by atoms with van der Waals surface area (Å²) in [6, 6.07) is 9.41. The molecule has 26 heavy (non-hydrogen) atoms. The number of H-pyrrole nitrogens is 1. The van der Waals surface area contributed by atoms with Gasteiger partial charge in [-0.05, 0) is 35.6 Å². The Morgan fingerprint density at radius 1 is 1.23 bits per heavy atom. The highest BCUT2D eigenvalue weighted by atomic mass is 35.5. The van der Waals surface area contributed by atoms with Crippen molar-refractivity contribution in [3.8, 4) is 11.1 Å². The third kappa shape index (κ3) is 3.86. The van der Waals surface area contributed by atoms with Crippen molar-refractivity contribution < 1.29 is 4.79 Å². The van der Waals surface area contributed by atoms with Crippen LogP contribution in [-0.2, 0) is 11.2 Å². The zero-order valence-corrected chi connectivity index (χ0v) is 15.2. The van der Waals surface area contributed by atoms with Crippen LogP contribution in [-0.4, -0.2) is 26.1 Å². The SMILES string of the molecule is O=C(Cc1ccc(-c2cnc(Cl)nc2Cl)cc1)Nc1cc(C2CC2)[nH]n1. The number of carbonyl (C=O) groups is 1. The summed E-state index contributed by atoms with van der Waals surface area (Å²) in [5.41, 5.74) is 3.52. The maximum absolute atomic E-state index is 12.2. The average molecular weight is 388 g/mol. The fourth-order valence-electron chi connectivity index (χ4n) is 2.71. The van der Waals surface area contributed by atoms with E-state index in [2.05, 4.69) is 25.5 Å². The van der Waals surface area contributed by atoms with Gasteiger partial charge in [-0.2, -0.15) is 5.10 Å². The predicted molar refractivity (Wildman–Crippen MR) is 100 cm³/mol. The van der Waals surface area contributed by atoms with Gasteiger partial charge in [-0.25, -0.2) is 9.97 Å². The minimum absolute atomic E-state index is 0.107. The molecule has 3 aromatic rings. The number of rotatable bonds is 5. The van der Waals surface area contributed by atoms with Crippen molar-refractivity contribution in [1.82, 2.24) is 20.2 Å². The molecule has 2 heterocycles. The predicted octanol–water partition coefficient (Wildman–Crippen LogP) is 4.23. The van der Waals surface area contributed by atoms with Crippen LogP contribution in [0.1, 0.15) is 30.0 Å². The van der Waals surface area contributed by atoms with E-state index < -0.39 is 0 Å². The Hall–Kier alpha value is -2.44. The number of hydrogen-bond acceptors (Lipinski definition) is 4. The molecule has 0 bridgehead atoms. The highest BCUT2D eigenvalue weighted by Crippen LogP contribution is 2.39. The molecule has 0 atom stereocenters. The number of nitrogens with one attached hydrogen (secondary N) is 2. The van der Waals surface area contributed by atoms with Gasteiger partial charge < -0.3 is 5.32 Å². The molecule has 1 aliphatic rings. The molecule has 1 amide bonds. The van der Waals surface area contributed by atoms with Gasteiger partial charge in [-0.3, -0.25) is 9.89 Å². The third-order valence-electron chi connectivity index (χ3n) is 4.22. The van der Waals surface area contributed by atoms with Crippen LogP contribution in [0.25, 0.3) is 11.1 Å².